The molecular weight excluding hydrogens is 368 g/mol. The standard InChI is InChI=1S/C14H4F8O3/c15-7-8(16)10(18)12(11(19)9(7)17)25-13(23)24-6-3-1-5(2-4-6)14(20,21)22/h1-4H. The predicted octanol–water partition coefficient (Wildman–Crippen LogP) is 4.98. The van der Waals surface area contributed by atoms with Gasteiger partial charge in [0.05, 0.1) is 5.56 Å². The summed E-state index contributed by atoms with van der Waals surface area (Å²) in [5.74, 6) is -14.4. The first-order chi connectivity index (χ1) is 11.5. The van der Waals surface area contributed by atoms with Crippen LogP contribution in [0.1, 0.15) is 5.56 Å². The van der Waals surface area contributed by atoms with Gasteiger partial charge >= 0.3 is 12.3 Å². The molecule has 2 aromatic rings. The van der Waals surface area contributed by atoms with Crippen molar-refractivity contribution in [3.05, 3.63) is 58.9 Å². The monoisotopic (exact) mass is 372 g/mol. The average Bonchev–Trinajstić information content (AvgIpc) is 2.55. The molecular formula is C14H4F8O3. The molecule has 0 saturated heterocycles. The third-order valence-electron chi connectivity index (χ3n) is 2.74. The van der Waals surface area contributed by atoms with Crippen LogP contribution in [0.3, 0.4) is 0 Å². The highest BCUT2D eigenvalue weighted by Crippen LogP contribution is 2.31. The molecule has 0 aliphatic carbocycles. The largest absolute Gasteiger partial charge is 0.519 e. The zero-order valence-electron chi connectivity index (χ0n) is 11.6. The van der Waals surface area contributed by atoms with Gasteiger partial charge in [0.15, 0.2) is 0 Å². The van der Waals surface area contributed by atoms with E-state index in [1.165, 1.54) is 0 Å². The molecule has 134 valence electrons. The Bertz CT molecular complexity index is 785. The first-order valence-electron chi connectivity index (χ1n) is 6.10. The molecule has 0 spiro atoms. The van der Waals surface area contributed by atoms with E-state index in [0.717, 1.165) is 0 Å². The summed E-state index contributed by atoms with van der Waals surface area (Å²) in [6.07, 6.45) is -6.59. The van der Waals surface area contributed by atoms with E-state index in [9.17, 15) is 39.9 Å². The third kappa shape index (κ3) is 3.80. The number of halogens is 8. The summed E-state index contributed by atoms with van der Waals surface area (Å²) >= 11 is 0. The van der Waals surface area contributed by atoms with Gasteiger partial charge in [0.2, 0.25) is 34.8 Å². The van der Waals surface area contributed by atoms with E-state index in [4.69, 9.17) is 0 Å². The molecule has 3 nitrogen and oxygen atoms in total. The smallest absolute Gasteiger partial charge is 0.395 e. The number of carbonyl (C=O) groups excluding carboxylic acids is 1. The predicted molar refractivity (Wildman–Crippen MR) is 64.3 cm³/mol. The number of carbonyl (C=O) groups is 1. The first-order valence-corrected chi connectivity index (χ1v) is 6.10. The lowest BCUT2D eigenvalue weighted by Gasteiger charge is -2.10. The van der Waals surface area contributed by atoms with E-state index in [1.54, 1.807) is 0 Å². The van der Waals surface area contributed by atoms with Crippen molar-refractivity contribution in [3.8, 4) is 11.5 Å². The molecule has 0 heterocycles. The summed E-state index contributed by atoms with van der Waals surface area (Å²) in [4.78, 5) is 11.3. The molecule has 0 saturated carbocycles. The molecule has 0 aliphatic heterocycles. The van der Waals surface area contributed by atoms with Crippen molar-refractivity contribution in [2.45, 2.75) is 6.18 Å². The van der Waals surface area contributed by atoms with Crippen LogP contribution in [0.25, 0.3) is 0 Å². The lowest BCUT2D eigenvalue weighted by atomic mass is 10.2. The molecule has 2 rings (SSSR count). The minimum absolute atomic E-state index is 0.526. The highest BCUT2D eigenvalue weighted by Gasteiger charge is 2.31. The van der Waals surface area contributed by atoms with Gasteiger partial charge in [-0.05, 0) is 24.3 Å². The molecule has 0 bridgehead atoms. The molecule has 0 fully saturated rings. The van der Waals surface area contributed by atoms with Crippen LogP contribution in [0.5, 0.6) is 11.5 Å². The maximum atomic E-state index is 13.3. The number of ether oxygens (including phenoxy) is 2. The molecule has 0 amide bonds. The zero-order chi connectivity index (χ0) is 18.9. The second-order valence-electron chi connectivity index (χ2n) is 4.38. The Morgan fingerprint density at radius 3 is 1.60 bits per heavy atom. The highest BCUT2D eigenvalue weighted by molar-refractivity contribution is 5.67. The summed E-state index contributed by atoms with van der Waals surface area (Å²) in [5, 5.41) is 0. The number of hydrogen-bond acceptors (Lipinski definition) is 3. The summed E-state index contributed by atoms with van der Waals surface area (Å²) in [7, 11) is 0. The average molecular weight is 372 g/mol. The van der Waals surface area contributed by atoms with E-state index >= 15 is 0 Å². The molecule has 25 heavy (non-hydrogen) atoms. The Hall–Kier alpha value is -2.85. The van der Waals surface area contributed by atoms with Gasteiger partial charge in [0.25, 0.3) is 0 Å². The van der Waals surface area contributed by atoms with Crippen LogP contribution < -0.4 is 9.47 Å². The van der Waals surface area contributed by atoms with Crippen molar-refractivity contribution in [1.29, 1.82) is 0 Å². The maximum Gasteiger partial charge on any atom is 0.519 e. The molecule has 0 unspecified atom stereocenters. The van der Waals surface area contributed by atoms with Gasteiger partial charge < -0.3 is 9.47 Å². The Labute approximate surface area is 133 Å². The minimum Gasteiger partial charge on any atom is -0.395 e. The first kappa shape index (κ1) is 18.5. The lowest BCUT2D eigenvalue weighted by Crippen LogP contribution is -2.17. The van der Waals surface area contributed by atoms with Gasteiger partial charge in [0, 0.05) is 0 Å². The molecule has 0 radical (unpaired) electrons. The van der Waals surface area contributed by atoms with Gasteiger partial charge in [-0.3, -0.25) is 0 Å². The van der Waals surface area contributed by atoms with Crippen LogP contribution in [-0.4, -0.2) is 6.16 Å². The van der Waals surface area contributed by atoms with Crippen molar-refractivity contribution in [2.75, 3.05) is 0 Å². The van der Waals surface area contributed by atoms with E-state index in [1.807, 2.05) is 0 Å². The maximum absolute atomic E-state index is 13.3. The van der Waals surface area contributed by atoms with Gasteiger partial charge in [-0.1, -0.05) is 0 Å². The summed E-state index contributed by atoms with van der Waals surface area (Å²) in [5.41, 5.74) is -1.08. The van der Waals surface area contributed by atoms with Crippen molar-refractivity contribution in [1.82, 2.24) is 0 Å². The number of benzene rings is 2. The van der Waals surface area contributed by atoms with E-state index in [-0.39, 0.29) is 0 Å². The SMILES string of the molecule is O=C(Oc1ccc(C(F)(F)F)cc1)Oc1c(F)c(F)c(F)c(F)c1F. The Kier molecular flexibility index (Phi) is 4.86. The topological polar surface area (TPSA) is 35.5 Å². The fraction of sp³-hybridized carbons (Fsp3) is 0.0714. The van der Waals surface area contributed by atoms with Crippen molar-refractivity contribution in [3.63, 3.8) is 0 Å². The van der Waals surface area contributed by atoms with Gasteiger partial charge in [-0.15, -0.1) is 0 Å². The van der Waals surface area contributed by atoms with Crippen LogP contribution in [0, 0.1) is 29.1 Å². The van der Waals surface area contributed by atoms with E-state index in [0.29, 0.717) is 24.3 Å². The molecule has 0 N–H and O–H groups in total. The molecule has 2 aromatic carbocycles. The van der Waals surface area contributed by atoms with E-state index < -0.39 is 58.5 Å². The molecule has 0 aliphatic rings. The van der Waals surface area contributed by atoms with Crippen LogP contribution in [-0.2, 0) is 6.18 Å². The van der Waals surface area contributed by atoms with E-state index in [2.05, 4.69) is 9.47 Å². The van der Waals surface area contributed by atoms with Crippen molar-refractivity contribution >= 4 is 6.16 Å². The number of alkyl halides is 3. The van der Waals surface area contributed by atoms with Crippen LogP contribution >= 0.6 is 0 Å². The second kappa shape index (κ2) is 6.57. The van der Waals surface area contributed by atoms with Crippen LogP contribution in [0.2, 0.25) is 0 Å². The third-order valence-corrected chi connectivity index (χ3v) is 2.74. The fourth-order valence-electron chi connectivity index (χ4n) is 1.59. The van der Waals surface area contributed by atoms with Crippen LogP contribution in [0.4, 0.5) is 39.9 Å². The Morgan fingerprint density at radius 1 is 0.720 bits per heavy atom. The lowest BCUT2D eigenvalue weighted by molar-refractivity contribution is -0.137. The number of hydrogen-bond donors (Lipinski definition) is 0. The molecule has 11 heteroatoms. The summed E-state index contributed by atoms with van der Waals surface area (Å²) in [6.45, 7) is 0. The quantitative estimate of drug-likeness (QED) is 0.245. The Balaban J connectivity index is 2.19. The van der Waals surface area contributed by atoms with Gasteiger partial charge in [-0.25, -0.2) is 18.0 Å². The van der Waals surface area contributed by atoms with Crippen LogP contribution in [0.15, 0.2) is 24.3 Å². The number of rotatable bonds is 2. The summed E-state index contributed by atoms with van der Waals surface area (Å²) in [6, 6.07) is 2.42. The summed E-state index contributed by atoms with van der Waals surface area (Å²) < 4.78 is 111. The van der Waals surface area contributed by atoms with Crippen molar-refractivity contribution < 1.29 is 49.4 Å². The minimum atomic E-state index is -4.66. The Morgan fingerprint density at radius 2 is 1.16 bits per heavy atom. The zero-order valence-corrected chi connectivity index (χ0v) is 11.6. The molecule has 0 aromatic heterocycles. The fourth-order valence-corrected chi connectivity index (χ4v) is 1.59. The molecule has 0 atom stereocenters. The highest BCUT2D eigenvalue weighted by atomic mass is 19.4. The van der Waals surface area contributed by atoms with Gasteiger partial charge in [0.1, 0.15) is 5.75 Å². The van der Waals surface area contributed by atoms with Gasteiger partial charge in [-0.2, -0.15) is 22.0 Å². The normalized spacial score (nSPS) is 11.4. The van der Waals surface area contributed by atoms with Crippen molar-refractivity contribution in [2.24, 2.45) is 0 Å². The second-order valence-corrected chi connectivity index (χ2v) is 4.38.